The van der Waals surface area contributed by atoms with E-state index in [0.717, 1.165) is 0 Å². The second kappa shape index (κ2) is 4.13. The number of aliphatic hydroxyl groups is 1. The summed E-state index contributed by atoms with van der Waals surface area (Å²) in [5.41, 5.74) is 0. The molecule has 3 heterocycles. The van der Waals surface area contributed by atoms with Crippen molar-refractivity contribution in [3.05, 3.63) is 0 Å². The van der Waals surface area contributed by atoms with E-state index in [1.165, 1.54) is 0 Å². The van der Waals surface area contributed by atoms with Gasteiger partial charge in [0.25, 0.3) is 0 Å². The summed E-state index contributed by atoms with van der Waals surface area (Å²) in [6.45, 7) is 9.04. The zero-order chi connectivity index (χ0) is 14.0. The quantitative estimate of drug-likeness (QED) is 0.761. The molecule has 0 spiro atoms. The molecule has 0 aromatic heterocycles. The van der Waals surface area contributed by atoms with Crippen molar-refractivity contribution in [3.63, 3.8) is 0 Å². The van der Waals surface area contributed by atoms with Crippen LogP contribution in [0.25, 0.3) is 0 Å². The second-order valence-electron chi connectivity index (χ2n) is 6.37. The van der Waals surface area contributed by atoms with Crippen LogP contribution in [0, 0.1) is 0 Å². The van der Waals surface area contributed by atoms with Gasteiger partial charge < -0.3 is 28.8 Å². The predicted molar refractivity (Wildman–Crippen MR) is 64.2 cm³/mol. The topological polar surface area (TPSA) is 66.4 Å². The normalized spacial score (nSPS) is 48.6. The van der Waals surface area contributed by atoms with Crippen LogP contribution in [-0.2, 0) is 23.7 Å². The molecule has 3 fully saturated rings. The van der Waals surface area contributed by atoms with Gasteiger partial charge in [0.15, 0.2) is 17.9 Å². The van der Waals surface area contributed by atoms with Crippen LogP contribution >= 0.6 is 0 Å². The standard InChI is InChI=1S/C13H22O6/c1-6(14)7-8-9(17-12(2,3)16-8)10-11(15-7)19-13(4,5)18-10/h6-11,14H,1-5H3/t6?,7-,8+,9+,10-,11-/m0/s1. The Morgan fingerprint density at radius 1 is 0.842 bits per heavy atom. The van der Waals surface area contributed by atoms with Crippen molar-refractivity contribution in [2.75, 3.05) is 0 Å². The summed E-state index contributed by atoms with van der Waals surface area (Å²) in [6, 6.07) is 0. The van der Waals surface area contributed by atoms with Gasteiger partial charge in [0.1, 0.15) is 24.4 Å². The third-order valence-corrected chi connectivity index (χ3v) is 3.67. The highest BCUT2D eigenvalue weighted by molar-refractivity contribution is 5.01. The SMILES string of the molecule is CC(O)[C@@H]1O[C@H]2OC(C)(C)O[C@H]2[C@@H]2OC(C)(C)O[C@@H]21. The Kier molecular flexibility index (Phi) is 2.98. The molecule has 3 aliphatic heterocycles. The summed E-state index contributed by atoms with van der Waals surface area (Å²) in [6.07, 6.45) is -2.67. The maximum atomic E-state index is 9.89. The van der Waals surface area contributed by atoms with Crippen LogP contribution in [0.4, 0.5) is 0 Å². The molecule has 110 valence electrons. The van der Waals surface area contributed by atoms with Crippen LogP contribution in [0.3, 0.4) is 0 Å². The van der Waals surface area contributed by atoms with Crippen LogP contribution in [0.5, 0.6) is 0 Å². The minimum Gasteiger partial charge on any atom is -0.391 e. The second-order valence-corrected chi connectivity index (χ2v) is 6.37. The van der Waals surface area contributed by atoms with Crippen molar-refractivity contribution >= 4 is 0 Å². The molecule has 0 amide bonds. The zero-order valence-electron chi connectivity index (χ0n) is 12.0. The third-order valence-electron chi connectivity index (χ3n) is 3.67. The molecule has 3 rings (SSSR count). The maximum absolute atomic E-state index is 9.89. The molecule has 1 N–H and O–H groups in total. The van der Waals surface area contributed by atoms with Gasteiger partial charge >= 0.3 is 0 Å². The zero-order valence-corrected chi connectivity index (χ0v) is 12.0. The minimum atomic E-state index is -0.719. The molecule has 3 saturated heterocycles. The lowest BCUT2D eigenvalue weighted by molar-refractivity contribution is -0.250. The fraction of sp³-hybridized carbons (Fsp3) is 1.00. The fourth-order valence-corrected chi connectivity index (χ4v) is 3.03. The van der Waals surface area contributed by atoms with Gasteiger partial charge in [-0.3, -0.25) is 0 Å². The Labute approximate surface area is 112 Å². The van der Waals surface area contributed by atoms with Gasteiger partial charge in [-0.15, -0.1) is 0 Å². The fourth-order valence-electron chi connectivity index (χ4n) is 3.03. The number of fused-ring (bicyclic) bond motifs is 3. The molecule has 6 atom stereocenters. The van der Waals surface area contributed by atoms with E-state index in [-0.39, 0.29) is 18.3 Å². The molecular formula is C13H22O6. The van der Waals surface area contributed by atoms with Crippen molar-refractivity contribution in [2.24, 2.45) is 0 Å². The molecule has 0 aliphatic carbocycles. The van der Waals surface area contributed by atoms with Crippen molar-refractivity contribution in [2.45, 2.75) is 83.0 Å². The molecule has 1 unspecified atom stereocenters. The van der Waals surface area contributed by atoms with E-state index >= 15 is 0 Å². The average molecular weight is 274 g/mol. The van der Waals surface area contributed by atoms with Crippen LogP contribution in [0.1, 0.15) is 34.6 Å². The molecule has 0 aromatic rings. The predicted octanol–water partition coefficient (Wildman–Crippen LogP) is 0.764. The first-order chi connectivity index (χ1) is 8.69. The van der Waals surface area contributed by atoms with Crippen LogP contribution < -0.4 is 0 Å². The monoisotopic (exact) mass is 274 g/mol. The van der Waals surface area contributed by atoms with E-state index in [1.807, 2.05) is 27.7 Å². The summed E-state index contributed by atoms with van der Waals surface area (Å²) in [4.78, 5) is 0. The van der Waals surface area contributed by atoms with Crippen LogP contribution in [0.2, 0.25) is 0 Å². The van der Waals surface area contributed by atoms with Crippen molar-refractivity contribution < 1.29 is 28.8 Å². The van der Waals surface area contributed by atoms with Crippen molar-refractivity contribution in [1.82, 2.24) is 0 Å². The first kappa shape index (κ1) is 13.7. The summed E-state index contributed by atoms with van der Waals surface area (Å²) in [7, 11) is 0. The molecule has 6 heteroatoms. The third kappa shape index (κ3) is 2.30. The number of hydrogen-bond donors (Lipinski definition) is 1. The molecule has 0 radical (unpaired) electrons. The maximum Gasteiger partial charge on any atom is 0.190 e. The Bertz CT molecular complexity index is 366. The molecule has 0 bridgehead atoms. The summed E-state index contributed by atoms with van der Waals surface area (Å²) >= 11 is 0. The minimum absolute atomic E-state index is 0.296. The summed E-state index contributed by atoms with van der Waals surface area (Å²) in [5.74, 6) is -1.43. The molecule has 19 heavy (non-hydrogen) atoms. The lowest BCUT2D eigenvalue weighted by atomic mass is 9.96. The lowest BCUT2D eigenvalue weighted by Gasteiger charge is -2.38. The summed E-state index contributed by atoms with van der Waals surface area (Å²) in [5, 5.41) is 9.89. The van der Waals surface area contributed by atoms with Gasteiger partial charge in [0.05, 0.1) is 6.10 Å². The Morgan fingerprint density at radius 3 is 2.00 bits per heavy atom. The summed E-state index contributed by atoms with van der Waals surface area (Å²) < 4.78 is 29.2. The van der Waals surface area contributed by atoms with Gasteiger partial charge in [-0.25, -0.2) is 0 Å². The van der Waals surface area contributed by atoms with E-state index in [4.69, 9.17) is 23.7 Å². The number of ether oxygens (including phenoxy) is 5. The Morgan fingerprint density at radius 2 is 1.37 bits per heavy atom. The van der Waals surface area contributed by atoms with Crippen LogP contribution in [0.15, 0.2) is 0 Å². The molecule has 0 aromatic carbocycles. The van der Waals surface area contributed by atoms with Gasteiger partial charge in [-0.1, -0.05) is 0 Å². The largest absolute Gasteiger partial charge is 0.391 e. The van der Waals surface area contributed by atoms with Crippen molar-refractivity contribution in [1.29, 1.82) is 0 Å². The smallest absolute Gasteiger partial charge is 0.190 e. The number of aliphatic hydroxyl groups excluding tert-OH is 1. The highest BCUT2D eigenvalue weighted by atomic mass is 16.9. The van der Waals surface area contributed by atoms with E-state index in [2.05, 4.69) is 0 Å². The Balaban J connectivity index is 1.89. The first-order valence-corrected chi connectivity index (χ1v) is 6.73. The van der Waals surface area contributed by atoms with E-state index in [0.29, 0.717) is 0 Å². The van der Waals surface area contributed by atoms with Gasteiger partial charge in [0.2, 0.25) is 0 Å². The molecule has 0 saturated carbocycles. The van der Waals surface area contributed by atoms with Crippen molar-refractivity contribution in [3.8, 4) is 0 Å². The molecule has 3 aliphatic rings. The van der Waals surface area contributed by atoms with E-state index in [1.54, 1.807) is 6.92 Å². The van der Waals surface area contributed by atoms with Gasteiger partial charge in [-0.2, -0.15) is 0 Å². The van der Waals surface area contributed by atoms with Crippen LogP contribution in [-0.4, -0.2) is 53.5 Å². The molecular weight excluding hydrogens is 252 g/mol. The van der Waals surface area contributed by atoms with Gasteiger partial charge in [-0.05, 0) is 34.6 Å². The Hall–Kier alpha value is -0.240. The number of hydrogen-bond acceptors (Lipinski definition) is 6. The lowest BCUT2D eigenvalue weighted by Crippen LogP contribution is -2.57. The van der Waals surface area contributed by atoms with E-state index in [9.17, 15) is 5.11 Å². The average Bonchev–Trinajstić information content (AvgIpc) is 2.70. The number of rotatable bonds is 1. The highest BCUT2D eigenvalue weighted by Crippen LogP contribution is 2.44. The highest BCUT2D eigenvalue weighted by Gasteiger charge is 2.61. The molecule has 6 nitrogen and oxygen atoms in total. The van der Waals surface area contributed by atoms with Gasteiger partial charge in [0, 0.05) is 0 Å². The van der Waals surface area contributed by atoms with E-state index < -0.39 is 30.1 Å². The first-order valence-electron chi connectivity index (χ1n) is 6.73.